The first-order chi connectivity index (χ1) is 17.3. The van der Waals surface area contributed by atoms with Gasteiger partial charge < -0.3 is 9.64 Å². The fourth-order valence-corrected chi connectivity index (χ4v) is 4.87. The van der Waals surface area contributed by atoms with Gasteiger partial charge in [-0.1, -0.05) is 80.6 Å². The molecule has 186 valence electrons. The SMILES string of the molecule is CCC(C)c1cccc(OCC(=O)N(Cc2ccccc2)c2cccc3c(S(=O)(=O)O)cccc23)c1. The third-order valence-electron chi connectivity index (χ3n) is 6.31. The van der Waals surface area contributed by atoms with Crippen molar-refractivity contribution in [1.29, 1.82) is 0 Å². The third-order valence-corrected chi connectivity index (χ3v) is 7.23. The van der Waals surface area contributed by atoms with E-state index in [1.54, 1.807) is 35.2 Å². The molecule has 0 saturated carbocycles. The van der Waals surface area contributed by atoms with Crippen LogP contribution >= 0.6 is 0 Å². The zero-order chi connectivity index (χ0) is 25.7. The first-order valence-electron chi connectivity index (χ1n) is 11.8. The molecule has 7 heteroatoms. The molecular formula is C29H29NO5S. The highest BCUT2D eigenvalue weighted by Gasteiger charge is 2.22. The molecule has 0 aliphatic heterocycles. The predicted octanol–water partition coefficient (Wildman–Crippen LogP) is 6.21. The summed E-state index contributed by atoms with van der Waals surface area (Å²) in [6.45, 7) is 4.35. The molecule has 1 N–H and O–H groups in total. The molecule has 36 heavy (non-hydrogen) atoms. The minimum absolute atomic E-state index is 0.189. The number of rotatable bonds is 9. The molecular weight excluding hydrogens is 474 g/mol. The van der Waals surface area contributed by atoms with Crippen LogP contribution in [0.3, 0.4) is 0 Å². The molecule has 0 heterocycles. The van der Waals surface area contributed by atoms with Gasteiger partial charge >= 0.3 is 0 Å². The van der Waals surface area contributed by atoms with Crippen LogP contribution < -0.4 is 9.64 Å². The Kier molecular flexibility index (Phi) is 7.72. The Morgan fingerprint density at radius 3 is 2.33 bits per heavy atom. The van der Waals surface area contributed by atoms with Gasteiger partial charge in [0.15, 0.2) is 6.61 Å². The third kappa shape index (κ3) is 5.75. The first kappa shape index (κ1) is 25.4. The molecule has 1 amide bonds. The number of hydrogen-bond donors (Lipinski definition) is 1. The average molecular weight is 504 g/mol. The van der Waals surface area contributed by atoms with Gasteiger partial charge in [0.05, 0.1) is 12.2 Å². The molecule has 1 unspecified atom stereocenters. The van der Waals surface area contributed by atoms with Crippen LogP contribution in [0.1, 0.15) is 37.3 Å². The molecule has 0 aromatic heterocycles. The van der Waals surface area contributed by atoms with Crippen molar-refractivity contribution in [3.05, 3.63) is 102 Å². The van der Waals surface area contributed by atoms with Gasteiger partial charge in [-0.3, -0.25) is 9.35 Å². The van der Waals surface area contributed by atoms with Gasteiger partial charge in [-0.05, 0) is 47.7 Å². The summed E-state index contributed by atoms with van der Waals surface area (Å²) in [6.07, 6.45) is 1.000. The fraction of sp³-hybridized carbons (Fsp3) is 0.207. The standard InChI is InChI=1S/C29H29NO5S/c1-3-21(2)23-12-7-13-24(18-23)35-20-29(31)30(19-22-10-5-4-6-11-22)27-16-8-15-26-25(27)14-9-17-28(26)36(32,33)34/h4-18,21H,3,19-20H2,1-2H3,(H,32,33,34). The molecule has 0 aliphatic rings. The number of amides is 1. The molecule has 0 saturated heterocycles. The Morgan fingerprint density at radius 2 is 1.61 bits per heavy atom. The number of anilines is 1. The minimum Gasteiger partial charge on any atom is -0.484 e. The Balaban J connectivity index is 1.70. The van der Waals surface area contributed by atoms with Gasteiger partial charge in [0, 0.05) is 10.8 Å². The Bertz CT molecular complexity index is 1470. The maximum absolute atomic E-state index is 13.6. The maximum Gasteiger partial charge on any atom is 0.295 e. The van der Waals surface area contributed by atoms with Crippen LogP contribution in [-0.4, -0.2) is 25.5 Å². The van der Waals surface area contributed by atoms with Gasteiger partial charge in [0.1, 0.15) is 10.6 Å². The predicted molar refractivity (Wildman–Crippen MR) is 142 cm³/mol. The molecule has 4 aromatic rings. The van der Waals surface area contributed by atoms with Gasteiger partial charge in [0.25, 0.3) is 16.0 Å². The summed E-state index contributed by atoms with van der Waals surface area (Å²) in [5, 5.41) is 0.876. The van der Waals surface area contributed by atoms with Gasteiger partial charge in [-0.2, -0.15) is 8.42 Å². The Hall–Kier alpha value is -3.68. The quantitative estimate of drug-likeness (QED) is 0.275. The highest BCUT2D eigenvalue weighted by Crippen LogP contribution is 2.32. The topological polar surface area (TPSA) is 83.9 Å². The number of hydrogen-bond acceptors (Lipinski definition) is 4. The molecule has 4 rings (SSSR count). The largest absolute Gasteiger partial charge is 0.484 e. The average Bonchev–Trinajstić information content (AvgIpc) is 2.89. The van der Waals surface area contributed by atoms with Crippen LogP contribution in [0.15, 0.2) is 95.9 Å². The first-order valence-corrected chi connectivity index (χ1v) is 13.3. The molecule has 0 aliphatic carbocycles. The van der Waals surface area contributed by atoms with E-state index in [9.17, 15) is 17.8 Å². The maximum atomic E-state index is 13.6. The van der Waals surface area contributed by atoms with Crippen LogP contribution in [0.2, 0.25) is 0 Å². The van der Waals surface area contributed by atoms with Crippen molar-refractivity contribution >= 4 is 32.5 Å². The Morgan fingerprint density at radius 1 is 0.917 bits per heavy atom. The molecule has 0 radical (unpaired) electrons. The summed E-state index contributed by atoms with van der Waals surface area (Å²) >= 11 is 0. The van der Waals surface area contributed by atoms with Crippen LogP contribution in [0, 0.1) is 0 Å². The second-order valence-corrected chi connectivity index (χ2v) is 10.1. The van der Waals surface area contributed by atoms with E-state index in [0.29, 0.717) is 28.1 Å². The van der Waals surface area contributed by atoms with Crippen molar-refractivity contribution in [2.24, 2.45) is 0 Å². The second-order valence-electron chi connectivity index (χ2n) is 8.74. The lowest BCUT2D eigenvalue weighted by Crippen LogP contribution is -2.34. The molecule has 4 aromatic carbocycles. The molecule has 0 fully saturated rings. The summed E-state index contributed by atoms with van der Waals surface area (Å²) in [5.41, 5.74) is 2.59. The lowest BCUT2D eigenvalue weighted by Gasteiger charge is -2.25. The van der Waals surface area contributed by atoms with Crippen LogP contribution in [0.4, 0.5) is 5.69 Å². The number of benzene rings is 4. The van der Waals surface area contributed by atoms with Crippen LogP contribution in [0.5, 0.6) is 5.75 Å². The number of ether oxygens (including phenoxy) is 1. The van der Waals surface area contributed by atoms with E-state index in [2.05, 4.69) is 13.8 Å². The summed E-state index contributed by atoms with van der Waals surface area (Å²) in [4.78, 5) is 14.9. The number of carbonyl (C=O) groups excluding carboxylic acids is 1. The van der Waals surface area contributed by atoms with Gasteiger partial charge in [-0.25, -0.2) is 0 Å². The lowest BCUT2D eigenvalue weighted by molar-refractivity contribution is -0.120. The molecule has 0 bridgehead atoms. The normalized spacial score (nSPS) is 12.3. The summed E-state index contributed by atoms with van der Waals surface area (Å²) in [6, 6.07) is 27.0. The van der Waals surface area contributed by atoms with Gasteiger partial charge in [0.2, 0.25) is 0 Å². The highest BCUT2D eigenvalue weighted by molar-refractivity contribution is 7.86. The van der Waals surface area contributed by atoms with E-state index in [0.717, 1.165) is 17.5 Å². The number of nitrogens with zero attached hydrogens (tertiary/aromatic N) is 1. The van der Waals surface area contributed by atoms with E-state index >= 15 is 0 Å². The van der Waals surface area contributed by atoms with Crippen molar-refractivity contribution in [2.75, 3.05) is 11.5 Å². The van der Waals surface area contributed by atoms with Crippen molar-refractivity contribution in [1.82, 2.24) is 0 Å². The lowest BCUT2D eigenvalue weighted by atomic mass is 9.99. The summed E-state index contributed by atoms with van der Waals surface area (Å²) < 4.78 is 39.6. The summed E-state index contributed by atoms with van der Waals surface area (Å²) in [7, 11) is -4.44. The van der Waals surface area contributed by atoms with Crippen molar-refractivity contribution in [3.8, 4) is 5.75 Å². The second kappa shape index (κ2) is 10.9. The number of fused-ring (bicyclic) bond motifs is 1. The molecule has 1 atom stereocenters. The van der Waals surface area contributed by atoms with Crippen LogP contribution in [-0.2, 0) is 21.5 Å². The van der Waals surface area contributed by atoms with E-state index in [1.807, 2.05) is 54.6 Å². The molecule has 6 nitrogen and oxygen atoms in total. The zero-order valence-electron chi connectivity index (χ0n) is 20.3. The number of carbonyl (C=O) groups is 1. The minimum atomic E-state index is -4.44. The summed E-state index contributed by atoms with van der Waals surface area (Å²) in [5.74, 6) is 0.719. The Labute approximate surface area is 211 Å². The van der Waals surface area contributed by atoms with Gasteiger partial charge in [-0.15, -0.1) is 0 Å². The highest BCUT2D eigenvalue weighted by atomic mass is 32.2. The monoisotopic (exact) mass is 503 g/mol. The van der Waals surface area contributed by atoms with Crippen molar-refractivity contribution < 1.29 is 22.5 Å². The van der Waals surface area contributed by atoms with Crippen molar-refractivity contribution in [3.63, 3.8) is 0 Å². The zero-order valence-corrected chi connectivity index (χ0v) is 21.1. The molecule has 0 spiro atoms. The van der Waals surface area contributed by atoms with E-state index in [4.69, 9.17) is 4.74 Å². The van der Waals surface area contributed by atoms with E-state index in [-0.39, 0.29) is 24.0 Å². The van der Waals surface area contributed by atoms with E-state index in [1.165, 1.54) is 6.07 Å². The van der Waals surface area contributed by atoms with Crippen LogP contribution in [0.25, 0.3) is 10.8 Å². The van der Waals surface area contributed by atoms with E-state index < -0.39 is 10.1 Å². The smallest absolute Gasteiger partial charge is 0.295 e. The van der Waals surface area contributed by atoms with Crippen molar-refractivity contribution in [2.45, 2.75) is 37.6 Å². The fourth-order valence-electron chi connectivity index (χ4n) is 4.17.